The lowest BCUT2D eigenvalue weighted by atomic mass is 9.91. The molecule has 0 aliphatic heterocycles. The minimum absolute atomic E-state index is 0.857. The number of benzene rings is 14. The molecule has 0 aliphatic carbocycles. The SMILES string of the molecule is CCCc1cccc2c1oc1c(N(c3cc(-c4ccccc4)cc(-c4ccccc4)c3)c3ccc4ccc5c(N(c6cc(-c7ccccc7)cc(-c7ccccc7)c6)c6cccc7c6oc6c(CCC)cccc67)ccc6ccc3c4c65)cccc12. The number of aryl methyl sites for hydroxylation is 2. The smallest absolute Gasteiger partial charge is 0.159 e. The average Bonchev–Trinajstić information content (AvgIpc) is 1.21. The summed E-state index contributed by atoms with van der Waals surface area (Å²) in [6, 6.07) is 102. The van der Waals surface area contributed by atoms with Crippen molar-refractivity contribution in [1.29, 1.82) is 0 Å². The fraction of sp³-hybridized carbons (Fsp3) is 0.0732. The van der Waals surface area contributed by atoms with Crippen LogP contribution in [0.25, 0.3) is 121 Å². The second-order valence-electron chi connectivity index (χ2n) is 22.9. The molecule has 410 valence electrons. The number of hydrogen-bond donors (Lipinski definition) is 0. The first-order valence-electron chi connectivity index (χ1n) is 30.3. The Hall–Kier alpha value is -10.7. The summed E-state index contributed by atoms with van der Waals surface area (Å²) in [4.78, 5) is 4.94. The Labute approximate surface area is 500 Å². The lowest BCUT2D eigenvalue weighted by Crippen LogP contribution is -2.12. The van der Waals surface area contributed by atoms with E-state index in [4.69, 9.17) is 8.83 Å². The van der Waals surface area contributed by atoms with E-state index in [1.165, 1.54) is 32.7 Å². The zero-order chi connectivity index (χ0) is 57.2. The molecule has 0 saturated carbocycles. The van der Waals surface area contributed by atoms with Gasteiger partial charge in [0.25, 0.3) is 0 Å². The van der Waals surface area contributed by atoms with Crippen LogP contribution in [-0.4, -0.2) is 0 Å². The number of furan rings is 2. The van der Waals surface area contributed by atoms with Crippen LogP contribution < -0.4 is 9.80 Å². The average molecular weight is 1110 g/mol. The van der Waals surface area contributed by atoms with Crippen LogP contribution in [0.2, 0.25) is 0 Å². The van der Waals surface area contributed by atoms with E-state index < -0.39 is 0 Å². The predicted molar refractivity (Wildman–Crippen MR) is 364 cm³/mol. The van der Waals surface area contributed by atoms with E-state index in [0.717, 1.165) is 159 Å². The van der Waals surface area contributed by atoms with Crippen molar-refractivity contribution >= 4 is 110 Å². The van der Waals surface area contributed by atoms with Gasteiger partial charge in [0.2, 0.25) is 0 Å². The van der Waals surface area contributed by atoms with Gasteiger partial charge in [-0.3, -0.25) is 0 Å². The summed E-state index contributed by atoms with van der Waals surface area (Å²) in [5, 5.41) is 11.5. The van der Waals surface area contributed by atoms with E-state index in [9.17, 15) is 0 Å². The first kappa shape index (κ1) is 51.0. The molecule has 4 nitrogen and oxygen atoms in total. The summed E-state index contributed by atoms with van der Waals surface area (Å²) in [6.45, 7) is 4.48. The molecule has 0 amide bonds. The number of rotatable bonds is 14. The summed E-state index contributed by atoms with van der Waals surface area (Å²) < 4.78 is 14.5. The van der Waals surface area contributed by atoms with Gasteiger partial charge >= 0.3 is 0 Å². The lowest BCUT2D eigenvalue weighted by molar-refractivity contribution is 0.661. The largest absolute Gasteiger partial charge is 0.454 e. The van der Waals surface area contributed by atoms with Crippen LogP contribution in [0.3, 0.4) is 0 Å². The third-order valence-electron chi connectivity index (χ3n) is 17.6. The van der Waals surface area contributed by atoms with Crippen molar-refractivity contribution in [3.05, 3.63) is 290 Å². The highest BCUT2D eigenvalue weighted by Crippen LogP contribution is 2.52. The molecule has 16 aromatic rings. The van der Waals surface area contributed by atoms with Crippen LogP contribution in [-0.2, 0) is 12.8 Å². The molecule has 0 spiro atoms. The Balaban J connectivity index is 0.982. The van der Waals surface area contributed by atoms with Crippen molar-refractivity contribution in [3.8, 4) is 44.5 Å². The second kappa shape index (κ2) is 21.2. The minimum Gasteiger partial charge on any atom is -0.454 e. The molecule has 0 aliphatic rings. The van der Waals surface area contributed by atoms with Gasteiger partial charge < -0.3 is 18.6 Å². The summed E-state index contributed by atoms with van der Waals surface area (Å²) >= 11 is 0. The maximum atomic E-state index is 7.26. The van der Waals surface area contributed by atoms with Crippen molar-refractivity contribution in [2.24, 2.45) is 0 Å². The van der Waals surface area contributed by atoms with E-state index >= 15 is 0 Å². The summed E-state index contributed by atoms with van der Waals surface area (Å²) in [5.74, 6) is 0. The lowest BCUT2D eigenvalue weighted by Gasteiger charge is -2.30. The Bertz CT molecular complexity index is 4750. The van der Waals surface area contributed by atoms with Gasteiger partial charge in [0, 0.05) is 43.7 Å². The molecule has 0 bridgehead atoms. The molecule has 0 N–H and O–H groups in total. The molecule has 86 heavy (non-hydrogen) atoms. The zero-order valence-corrected chi connectivity index (χ0v) is 48.1. The number of anilines is 6. The van der Waals surface area contributed by atoms with E-state index in [2.05, 4.69) is 303 Å². The fourth-order valence-electron chi connectivity index (χ4n) is 13.7. The maximum absolute atomic E-state index is 7.26. The van der Waals surface area contributed by atoms with E-state index in [-0.39, 0.29) is 0 Å². The van der Waals surface area contributed by atoms with Crippen molar-refractivity contribution < 1.29 is 8.83 Å². The van der Waals surface area contributed by atoms with Gasteiger partial charge in [0.1, 0.15) is 11.2 Å². The Morgan fingerprint density at radius 2 is 0.581 bits per heavy atom. The molecule has 0 atom stereocenters. The zero-order valence-electron chi connectivity index (χ0n) is 48.1. The number of nitrogens with zero attached hydrogens (tertiary/aromatic N) is 2. The van der Waals surface area contributed by atoms with Crippen LogP contribution in [0, 0.1) is 0 Å². The summed E-state index contributed by atoms with van der Waals surface area (Å²) in [6.07, 6.45) is 3.92. The normalized spacial score (nSPS) is 11.8. The Morgan fingerprint density at radius 1 is 0.256 bits per heavy atom. The number of hydrogen-bond acceptors (Lipinski definition) is 4. The van der Waals surface area contributed by atoms with Gasteiger partial charge in [-0.2, -0.15) is 0 Å². The third kappa shape index (κ3) is 8.59. The van der Waals surface area contributed by atoms with Gasteiger partial charge in [-0.25, -0.2) is 0 Å². The monoisotopic (exact) mass is 1100 g/mol. The fourth-order valence-corrected chi connectivity index (χ4v) is 13.7. The van der Waals surface area contributed by atoms with Crippen LogP contribution in [0.1, 0.15) is 37.8 Å². The molecule has 0 saturated heterocycles. The van der Waals surface area contributed by atoms with Crippen LogP contribution in [0.5, 0.6) is 0 Å². The Kier molecular flexibility index (Phi) is 12.6. The molecular weight excluding hydrogens is 1040 g/mol. The molecule has 0 radical (unpaired) electrons. The van der Waals surface area contributed by atoms with Gasteiger partial charge in [0.15, 0.2) is 11.2 Å². The summed E-state index contributed by atoms with van der Waals surface area (Å²) in [5.41, 5.74) is 21.3. The van der Waals surface area contributed by atoms with Gasteiger partial charge in [-0.05, 0) is 151 Å². The predicted octanol–water partition coefficient (Wildman–Crippen LogP) is 23.9. The molecule has 14 aromatic carbocycles. The van der Waals surface area contributed by atoms with E-state index in [1.54, 1.807) is 0 Å². The van der Waals surface area contributed by atoms with Gasteiger partial charge in [-0.15, -0.1) is 0 Å². The highest BCUT2D eigenvalue weighted by Gasteiger charge is 2.28. The standard InChI is InChI=1S/C82H60N2O2/c1-3-21-59-31-17-33-67-69-35-19-37-75(81(69)85-79(59)67)83(65-49-61(53-23-9-5-10-24-53)47-62(50-65)54-25-11-6-12-26-54)73-45-41-57-40-44-72-74(46-42-58-39-43-71(73)77(57)78(58)72)84(76-38-20-36-70-68-34-18-32-60(22-4-2)80(68)86-82(70)76)66-51-63(55-27-13-7-14-28-55)48-64(52-66)56-29-15-8-16-30-56/h5-20,23-52H,3-4,21-22H2,1-2H3. The summed E-state index contributed by atoms with van der Waals surface area (Å²) in [7, 11) is 0. The Morgan fingerprint density at radius 3 is 0.930 bits per heavy atom. The van der Waals surface area contributed by atoms with Gasteiger partial charge in [-0.1, -0.05) is 245 Å². The molecule has 2 aromatic heterocycles. The highest BCUT2D eigenvalue weighted by atomic mass is 16.3. The maximum Gasteiger partial charge on any atom is 0.159 e. The first-order chi connectivity index (χ1) is 42.6. The van der Waals surface area contributed by atoms with Crippen molar-refractivity contribution in [2.75, 3.05) is 9.80 Å². The number of fused-ring (bicyclic) bond motifs is 6. The molecule has 2 heterocycles. The third-order valence-corrected chi connectivity index (χ3v) is 17.6. The van der Waals surface area contributed by atoms with Crippen LogP contribution in [0.15, 0.2) is 288 Å². The topological polar surface area (TPSA) is 32.8 Å². The molecule has 4 heteroatoms. The molecule has 0 unspecified atom stereocenters. The van der Waals surface area contributed by atoms with Gasteiger partial charge in [0.05, 0.1) is 22.7 Å². The first-order valence-corrected chi connectivity index (χ1v) is 30.3. The highest BCUT2D eigenvalue weighted by molar-refractivity contribution is 6.29. The molecule has 0 fully saturated rings. The van der Waals surface area contributed by atoms with E-state index in [1.807, 2.05) is 0 Å². The van der Waals surface area contributed by atoms with Crippen LogP contribution in [0.4, 0.5) is 34.1 Å². The number of para-hydroxylation sites is 4. The van der Waals surface area contributed by atoms with E-state index in [0.29, 0.717) is 0 Å². The minimum atomic E-state index is 0.857. The molecule has 16 rings (SSSR count). The quantitative estimate of drug-likeness (QED) is 0.102. The second-order valence-corrected chi connectivity index (χ2v) is 22.9. The molecular formula is C82H60N2O2. The van der Waals surface area contributed by atoms with Crippen molar-refractivity contribution in [3.63, 3.8) is 0 Å². The van der Waals surface area contributed by atoms with Crippen molar-refractivity contribution in [2.45, 2.75) is 39.5 Å². The van der Waals surface area contributed by atoms with Crippen LogP contribution >= 0.6 is 0 Å². The van der Waals surface area contributed by atoms with Crippen molar-refractivity contribution in [1.82, 2.24) is 0 Å².